The van der Waals surface area contributed by atoms with E-state index in [1.165, 1.54) is 24.5 Å². The second kappa shape index (κ2) is 5.53. The lowest BCUT2D eigenvalue weighted by Crippen LogP contribution is -2.14. The summed E-state index contributed by atoms with van der Waals surface area (Å²) in [5.74, 6) is 0.249. The SMILES string of the molecule is COc1cc(C)c(N)cc1S(=O)(=O)Nc1nc(C)c(C)s1. The van der Waals surface area contributed by atoms with Gasteiger partial charge in [-0.05, 0) is 38.5 Å². The number of ether oxygens (including phenoxy) is 1. The van der Waals surface area contributed by atoms with Gasteiger partial charge in [-0.25, -0.2) is 13.4 Å². The highest BCUT2D eigenvalue weighted by Crippen LogP contribution is 2.31. The minimum Gasteiger partial charge on any atom is -0.495 e. The Labute approximate surface area is 128 Å². The summed E-state index contributed by atoms with van der Waals surface area (Å²) in [4.78, 5) is 5.13. The van der Waals surface area contributed by atoms with E-state index < -0.39 is 10.0 Å². The largest absolute Gasteiger partial charge is 0.495 e. The molecular weight excluding hydrogens is 310 g/mol. The number of benzene rings is 1. The van der Waals surface area contributed by atoms with Crippen LogP contribution in [0, 0.1) is 20.8 Å². The van der Waals surface area contributed by atoms with Crippen LogP contribution in [0.5, 0.6) is 5.75 Å². The average molecular weight is 327 g/mol. The number of sulfonamides is 1. The molecule has 0 aliphatic rings. The number of aryl methyl sites for hydroxylation is 3. The molecule has 1 aromatic heterocycles. The van der Waals surface area contributed by atoms with Gasteiger partial charge >= 0.3 is 0 Å². The molecule has 0 amide bonds. The lowest BCUT2D eigenvalue weighted by molar-refractivity contribution is 0.402. The summed E-state index contributed by atoms with van der Waals surface area (Å²) in [5, 5.41) is 0.325. The minimum atomic E-state index is -3.81. The Bertz CT molecular complexity index is 763. The van der Waals surface area contributed by atoms with Crippen LogP contribution in [0.1, 0.15) is 16.1 Å². The molecule has 21 heavy (non-hydrogen) atoms. The number of nitrogens with zero attached hydrogens (tertiary/aromatic N) is 1. The summed E-state index contributed by atoms with van der Waals surface area (Å²) in [7, 11) is -2.39. The average Bonchev–Trinajstić information content (AvgIpc) is 2.70. The van der Waals surface area contributed by atoms with E-state index in [2.05, 4.69) is 9.71 Å². The molecule has 3 N–H and O–H groups in total. The van der Waals surface area contributed by atoms with Crippen molar-refractivity contribution in [2.24, 2.45) is 0 Å². The molecule has 0 bridgehead atoms. The minimum absolute atomic E-state index is 0.00129. The number of nitrogens with one attached hydrogen (secondary N) is 1. The van der Waals surface area contributed by atoms with Crippen LogP contribution in [-0.4, -0.2) is 20.5 Å². The molecule has 0 radical (unpaired) electrons. The van der Waals surface area contributed by atoms with Crippen molar-refractivity contribution in [2.45, 2.75) is 25.7 Å². The fourth-order valence-corrected chi connectivity index (χ4v) is 3.97. The van der Waals surface area contributed by atoms with Gasteiger partial charge in [0, 0.05) is 10.6 Å². The summed E-state index contributed by atoms with van der Waals surface area (Å²) in [6, 6.07) is 2.99. The topological polar surface area (TPSA) is 94.3 Å². The van der Waals surface area contributed by atoms with Crippen molar-refractivity contribution >= 4 is 32.2 Å². The molecule has 8 heteroatoms. The summed E-state index contributed by atoms with van der Waals surface area (Å²) < 4.78 is 32.6. The summed E-state index contributed by atoms with van der Waals surface area (Å²) in [6.45, 7) is 5.50. The fraction of sp³-hybridized carbons (Fsp3) is 0.308. The molecule has 0 fully saturated rings. The van der Waals surface area contributed by atoms with Gasteiger partial charge in [0.2, 0.25) is 0 Å². The lowest BCUT2D eigenvalue weighted by Gasteiger charge is -2.12. The van der Waals surface area contributed by atoms with Gasteiger partial charge in [-0.1, -0.05) is 0 Å². The van der Waals surface area contributed by atoms with E-state index in [-0.39, 0.29) is 10.6 Å². The number of hydrogen-bond donors (Lipinski definition) is 2. The van der Waals surface area contributed by atoms with E-state index in [1.54, 1.807) is 13.0 Å². The molecule has 0 spiro atoms. The highest BCUT2D eigenvalue weighted by molar-refractivity contribution is 7.93. The van der Waals surface area contributed by atoms with Crippen molar-refractivity contribution in [3.8, 4) is 5.75 Å². The maximum Gasteiger partial charge on any atom is 0.267 e. The van der Waals surface area contributed by atoms with Crippen LogP contribution in [-0.2, 0) is 10.0 Å². The third kappa shape index (κ3) is 3.11. The predicted octanol–water partition coefficient (Wildman–Crippen LogP) is 2.46. The van der Waals surface area contributed by atoms with Crippen molar-refractivity contribution in [1.29, 1.82) is 0 Å². The second-order valence-corrected chi connectivity index (χ2v) is 7.48. The van der Waals surface area contributed by atoms with Gasteiger partial charge in [-0.2, -0.15) is 0 Å². The third-order valence-corrected chi connectivity index (χ3v) is 5.57. The monoisotopic (exact) mass is 327 g/mol. The van der Waals surface area contributed by atoms with Gasteiger partial charge in [0.25, 0.3) is 10.0 Å². The van der Waals surface area contributed by atoms with Crippen LogP contribution in [0.25, 0.3) is 0 Å². The van der Waals surface area contributed by atoms with Gasteiger partial charge in [0.15, 0.2) is 5.13 Å². The number of nitrogens with two attached hydrogens (primary N) is 1. The predicted molar refractivity (Wildman–Crippen MR) is 84.5 cm³/mol. The molecule has 6 nitrogen and oxygen atoms in total. The molecule has 0 aliphatic carbocycles. The Morgan fingerprint density at radius 3 is 2.48 bits per heavy atom. The Balaban J connectivity index is 2.46. The van der Waals surface area contributed by atoms with E-state index in [9.17, 15) is 8.42 Å². The number of nitrogen functional groups attached to an aromatic ring is 1. The number of anilines is 2. The molecule has 0 unspecified atom stereocenters. The molecule has 0 saturated carbocycles. The first-order valence-electron chi connectivity index (χ1n) is 6.15. The van der Waals surface area contributed by atoms with Crippen molar-refractivity contribution in [3.63, 3.8) is 0 Å². The maximum absolute atomic E-state index is 12.5. The number of hydrogen-bond acceptors (Lipinski definition) is 6. The first-order chi connectivity index (χ1) is 9.74. The highest BCUT2D eigenvalue weighted by Gasteiger charge is 2.22. The van der Waals surface area contributed by atoms with Crippen LogP contribution >= 0.6 is 11.3 Å². The summed E-state index contributed by atoms with van der Waals surface area (Å²) in [5.41, 5.74) is 7.75. The van der Waals surface area contributed by atoms with Crippen LogP contribution in [0.4, 0.5) is 10.8 Å². The normalized spacial score (nSPS) is 11.4. The van der Waals surface area contributed by atoms with Crippen molar-refractivity contribution in [1.82, 2.24) is 4.98 Å². The van der Waals surface area contributed by atoms with Crippen LogP contribution in [0.3, 0.4) is 0 Å². The third-order valence-electron chi connectivity index (χ3n) is 3.09. The van der Waals surface area contributed by atoms with Crippen LogP contribution in [0.2, 0.25) is 0 Å². The summed E-state index contributed by atoms with van der Waals surface area (Å²) in [6.07, 6.45) is 0. The fourth-order valence-electron chi connectivity index (χ4n) is 1.73. The Kier molecular flexibility index (Phi) is 4.11. The molecule has 0 saturated heterocycles. The number of thiazole rings is 1. The molecule has 0 atom stereocenters. The molecular formula is C13H17N3O3S2. The van der Waals surface area contributed by atoms with Gasteiger partial charge in [0.1, 0.15) is 10.6 Å². The molecule has 1 heterocycles. The first kappa shape index (κ1) is 15.6. The second-order valence-electron chi connectivity index (χ2n) is 4.63. The maximum atomic E-state index is 12.5. The Morgan fingerprint density at radius 2 is 1.95 bits per heavy atom. The Morgan fingerprint density at radius 1 is 1.29 bits per heavy atom. The number of methoxy groups -OCH3 is 1. The van der Waals surface area contributed by atoms with Gasteiger partial charge in [-0.15, -0.1) is 11.3 Å². The summed E-state index contributed by atoms with van der Waals surface area (Å²) >= 11 is 1.28. The van der Waals surface area contributed by atoms with Gasteiger partial charge in [-0.3, -0.25) is 4.72 Å². The van der Waals surface area contributed by atoms with E-state index in [4.69, 9.17) is 10.5 Å². The molecule has 2 aromatic rings. The van der Waals surface area contributed by atoms with E-state index in [1.807, 2.05) is 13.8 Å². The van der Waals surface area contributed by atoms with Crippen molar-refractivity contribution in [3.05, 3.63) is 28.3 Å². The van der Waals surface area contributed by atoms with Gasteiger partial charge in [0.05, 0.1) is 12.8 Å². The lowest BCUT2D eigenvalue weighted by atomic mass is 10.2. The molecule has 114 valence electrons. The first-order valence-corrected chi connectivity index (χ1v) is 8.45. The smallest absolute Gasteiger partial charge is 0.267 e. The molecule has 2 rings (SSSR count). The van der Waals surface area contributed by atoms with E-state index >= 15 is 0 Å². The molecule has 0 aliphatic heterocycles. The number of aromatic nitrogens is 1. The van der Waals surface area contributed by atoms with Crippen molar-refractivity contribution < 1.29 is 13.2 Å². The zero-order valence-electron chi connectivity index (χ0n) is 12.2. The zero-order chi connectivity index (χ0) is 15.8. The highest BCUT2D eigenvalue weighted by atomic mass is 32.2. The van der Waals surface area contributed by atoms with E-state index in [0.717, 1.165) is 16.1 Å². The van der Waals surface area contributed by atoms with Gasteiger partial charge < -0.3 is 10.5 Å². The van der Waals surface area contributed by atoms with Crippen LogP contribution in [0.15, 0.2) is 17.0 Å². The quantitative estimate of drug-likeness (QED) is 0.841. The van der Waals surface area contributed by atoms with Crippen molar-refractivity contribution in [2.75, 3.05) is 17.6 Å². The Hall–Kier alpha value is -1.80. The van der Waals surface area contributed by atoms with Crippen LogP contribution < -0.4 is 15.2 Å². The zero-order valence-corrected chi connectivity index (χ0v) is 13.9. The molecule has 1 aromatic carbocycles. The standard InChI is InChI=1S/C13H17N3O3S2/c1-7-5-11(19-4)12(6-10(7)14)21(17,18)16-13-15-8(2)9(3)20-13/h5-6H,14H2,1-4H3,(H,15,16). The van der Waals surface area contributed by atoms with E-state index in [0.29, 0.717) is 10.8 Å². The number of rotatable bonds is 4.